The van der Waals surface area contributed by atoms with Crippen molar-refractivity contribution in [1.82, 2.24) is 0 Å². The Labute approximate surface area is 137 Å². The molecule has 2 aromatic rings. The predicted octanol–water partition coefficient (Wildman–Crippen LogP) is 1.77. The van der Waals surface area contributed by atoms with E-state index in [9.17, 15) is 18.0 Å². The van der Waals surface area contributed by atoms with E-state index < -0.39 is 12.1 Å². The van der Waals surface area contributed by atoms with E-state index in [2.05, 4.69) is 15.0 Å². The number of halogens is 3. The monoisotopic (exact) mass is 347 g/mol. The molecule has 2 aliphatic heterocycles. The molecule has 4 rings (SSSR count). The highest BCUT2D eigenvalue weighted by Crippen LogP contribution is 2.25. The summed E-state index contributed by atoms with van der Waals surface area (Å²) in [6, 6.07) is 7.73. The number of carbonyl (C=O) groups is 2. The van der Waals surface area contributed by atoms with Gasteiger partial charge in [-0.15, -0.1) is 0 Å². The number of aliphatic carboxylic acids is 1. The zero-order valence-corrected chi connectivity index (χ0v) is 12.3. The van der Waals surface area contributed by atoms with Gasteiger partial charge in [0.05, 0.1) is 16.6 Å². The molecule has 0 spiro atoms. The summed E-state index contributed by atoms with van der Waals surface area (Å²) in [6.45, 7) is 0. The molecule has 2 heterocycles. The smallest absolute Gasteiger partial charge is 0.475 e. The van der Waals surface area contributed by atoms with E-state index in [1.165, 1.54) is 12.6 Å². The summed E-state index contributed by atoms with van der Waals surface area (Å²) in [4.78, 5) is 33.3. The van der Waals surface area contributed by atoms with E-state index in [0.29, 0.717) is 5.56 Å². The molecular weight excluding hydrogens is 339 g/mol. The minimum atomic E-state index is -5.08. The fourth-order valence-electron chi connectivity index (χ4n) is 2.47. The van der Waals surface area contributed by atoms with Crippen molar-refractivity contribution in [3.05, 3.63) is 40.4 Å². The summed E-state index contributed by atoms with van der Waals surface area (Å²) in [5.74, 6) is -2.97. The Hall–Kier alpha value is -3.36. The van der Waals surface area contributed by atoms with Gasteiger partial charge >= 0.3 is 12.1 Å². The maximum Gasteiger partial charge on any atom is 0.490 e. The van der Waals surface area contributed by atoms with E-state index in [1.807, 2.05) is 30.3 Å². The molecule has 0 radical (unpaired) electrons. The second-order valence-electron chi connectivity index (χ2n) is 4.96. The summed E-state index contributed by atoms with van der Waals surface area (Å²) in [5, 5.41) is 10.5. The van der Waals surface area contributed by atoms with E-state index in [0.717, 1.165) is 27.0 Å². The van der Waals surface area contributed by atoms with E-state index in [4.69, 9.17) is 9.90 Å². The van der Waals surface area contributed by atoms with Crippen molar-refractivity contribution in [1.29, 1.82) is 0 Å². The third-order valence-corrected chi connectivity index (χ3v) is 3.46. The van der Waals surface area contributed by atoms with Crippen molar-refractivity contribution in [2.24, 2.45) is 15.0 Å². The number of nitrogens with zero attached hydrogens (tertiary/aromatic N) is 3. The van der Waals surface area contributed by atoms with Gasteiger partial charge in [-0.1, -0.05) is 24.3 Å². The van der Waals surface area contributed by atoms with Gasteiger partial charge in [0.15, 0.2) is 0 Å². The van der Waals surface area contributed by atoms with E-state index in [1.54, 1.807) is 0 Å². The normalized spacial score (nSPS) is 14.1. The SMILES string of the molecule is O=C(O)C(F)(F)F.O=C1N=CC=c2c1c1ccccc1c1c2=NC=N1. The van der Waals surface area contributed by atoms with Crippen LogP contribution in [0.5, 0.6) is 0 Å². The molecule has 25 heavy (non-hydrogen) atoms. The van der Waals surface area contributed by atoms with Gasteiger partial charge in [0, 0.05) is 16.8 Å². The van der Waals surface area contributed by atoms with Gasteiger partial charge in [-0.25, -0.2) is 19.8 Å². The largest absolute Gasteiger partial charge is 0.490 e. The summed E-state index contributed by atoms with van der Waals surface area (Å²) < 4.78 is 31.7. The molecule has 0 aromatic heterocycles. The third kappa shape index (κ3) is 2.91. The number of fused-ring (bicyclic) bond motifs is 6. The molecule has 2 aliphatic rings. The van der Waals surface area contributed by atoms with Crippen LogP contribution in [0.2, 0.25) is 0 Å². The van der Waals surface area contributed by atoms with Gasteiger partial charge in [-0.05, 0) is 11.5 Å². The van der Waals surface area contributed by atoms with Crippen LogP contribution in [-0.4, -0.2) is 35.7 Å². The Balaban J connectivity index is 0.000000225. The zero-order chi connectivity index (χ0) is 18.2. The summed E-state index contributed by atoms with van der Waals surface area (Å²) in [6.07, 6.45) is -0.213. The van der Waals surface area contributed by atoms with Crippen molar-refractivity contribution in [2.75, 3.05) is 0 Å². The Bertz CT molecular complexity index is 1090. The quantitative estimate of drug-likeness (QED) is 0.787. The molecule has 0 atom stereocenters. The second kappa shape index (κ2) is 5.93. The molecule has 0 aliphatic carbocycles. The zero-order valence-electron chi connectivity index (χ0n) is 12.3. The molecule has 0 saturated heterocycles. The summed E-state index contributed by atoms with van der Waals surface area (Å²) in [5.41, 5.74) is 1.46. The number of hydrogen-bond acceptors (Lipinski definition) is 4. The van der Waals surface area contributed by atoms with Crippen LogP contribution in [-0.2, 0) is 4.79 Å². The minimum absolute atomic E-state index is 0.214. The van der Waals surface area contributed by atoms with Crippen LogP contribution in [0.1, 0.15) is 10.4 Å². The van der Waals surface area contributed by atoms with Crippen LogP contribution in [0, 0.1) is 0 Å². The summed E-state index contributed by atoms with van der Waals surface area (Å²) in [7, 11) is 0. The van der Waals surface area contributed by atoms with E-state index >= 15 is 0 Å². The highest BCUT2D eigenvalue weighted by molar-refractivity contribution is 6.17. The first kappa shape index (κ1) is 16.5. The average Bonchev–Trinajstić information content (AvgIpc) is 3.05. The molecule has 0 saturated carbocycles. The van der Waals surface area contributed by atoms with Crippen LogP contribution >= 0.6 is 0 Å². The maximum absolute atomic E-state index is 12.0. The number of carboxylic acids is 1. The van der Waals surface area contributed by atoms with Gasteiger partial charge in [0.25, 0.3) is 5.91 Å². The predicted molar refractivity (Wildman–Crippen MR) is 83.9 cm³/mol. The van der Waals surface area contributed by atoms with Crippen molar-refractivity contribution in [3.63, 3.8) is 0 Å². The van der Waals surface area contributed by atoms with Crippen molar-refractivity contribution < 1.29 is 27.9 Å². The molecular formula is C16H8F3N3O3. The van der Waals surface area contributed by atoms with Crippen LogP contribution < -0.4 is 10.6 Å². The van der Waals surface area contributed by atoms with Gasteiger partial charge in [0.2, 0.25) is 0 Å². The molecule has 126 valence electrons. The lowest BCUT2D eigenvalue weighted by Gasteiger charge is -2.08. The van der Waals surface area contributed by atoms with Crippen molar-refractivity contribution in [3.8, 4) is 0 Å². The Morgan fingerprint density at radius 3 is 2.36 bits per heavy atom. The first-order chi connectivity index (χ1) is 11.8. The Kier molecular flexibility index (Phi) is 3.91. The van der Waals surface area contributed by atoms with Gasteiger partial charge in [-0.2, -0.15) is 13.2 Å². The molecule has 0 unspecified atom stereocenters. The van der Waals surface area contributed by atoms with Crippen molar-refractivity contribution >= 4 is 47.0 Å². The number of rotatable bonds is 0. The van der Waals surface area contributed by atoms with Crippen LogP contribution in [0.3, 0.4) is 0 Å². The Morgan fingerprint density at radius 2 is 1.72 bits per heavy atom. The van der Waals surface area contributed by atoms with E-state index in [-0.39, 0.29) is 5.91 Å². The topological polar surface area (TPSA) is 91.4 Å². The number of carbonyl (C=O) groups excluding carboxylic acids is 1. The lowest BCUT2D eigenvalue weighted by Crippen LogP contribution is -2.32. The van der Waals surface area contributed by atoms with Crippen LogP contribution in [0.4, 0.5) is 18.9 Å². The molecule has 2 aromatic carbocycles. The fraction of sp³-hybridized carbons (Fsp3) is 0.0625. The Morgan fingerprint density at radius 1 is 1.08 bits per heavy atom. The van der Waals surface area contributed by atoms with Gasteiger partial charge in [-0.3, -0.25) is 4.79 Å². The lowest BCUT2D eigenvalue weighted by molar-refractivity contribution is -0.192. The minimum Gasteiger partial charge on any atom is -0.475 e. The van der Waals surface area contributed by atoms with Crippen LogP contribution in [0.25, 0.3) is 16.8 Å². The number of amides is 1. The number of benzene rings is 2. The fourth-order valence-corrected chi connectivity index (χ4v) is 2.47. The molecule has 1 N–H and O–H groups in total. The lowest BCUT2D eigenvalue weighted by atomic mass is 9.98. The van der Waals surface area contributed by atoms with Crippen LogP contribution in [0.15, 0.2) is 39.2 Å². The standard InChI is InChI=1S/C14H7N3O.C2HF3O2/c18-14-11-8-3-1-2-4-9(8)12-13(17-7-16-12)10(11)5-6-15-14;3-2(4,5)1(6)7/h1-7H;(H,6,7). The molecule has 0 fully saturated rings. The number of hydrogen-bond donors (Lipinski definition) is 1. The first-order valence-corrected chi connectivity index (χ1v) is 6.84. The number of aliphatic imine (C=N–C) groups is 2. The highest BCUT2D eigenvalue weighted by Gasteiger charge is 2.38. The third-order valence-electron chi connectivity index (χ3n) is 3.46. The molecule has 0 bridgehead atoms. The second-order valence-corrected chi connectivity index (χ2v) is 4.96. The van der Waals surface area contributed by atoms with Gasteiger partial charge in [0.1, 0.15) is 6.34 Å². The molecule has 6 nitrogen and oxygen atoms in total. The van der Waals surface area contributed by atoms with Gasteiger partial charge < -0.3 is 5.11 Å². The summed E-state index contributed by atoms with van der Waals surface area (Å²) >= 11 is 0. The number of alkyl halides is 3. The average molecular weight is 347 g/mol. The first-order valence-electron chi connectivity index (χ1n) is 6.84. The molecule has 9 heteroatoms. The van der Waals surface area contributed by atoms with Crippen molar-refractivity contribution in [2.45, 2.75) is 6.18 Å². The molecule has 1 amide bonds. The maximum atomic E-state index is 12.0. The number of carboxylic acid groups (broad SMARTS) is 1. The highest BCUT2D eigenvalue weighted by atomic mass is 19.4.